The van der Waals surface area contributed by atoms with Gasteiger partial charge in [0.15, 0.2) is 5.69 Å². The second kappa shape index (κ2) is 6.95. The third-order valence-corrected chi connectivity index (χ3v) is 3.76. The molecule has 0 saturated carbocycles. The van der Waals surface area contributed by atoms with E-state index in [1.165, 1.54) is 0 Å². The standard InChI is InChI=1S/C18H21N6/c1-3-20-18(19)22-21-12-14-7-9-15(10-8-14)16-13-24-11-5-4-6-17(24)23(16)2/h4-13H,3H2,1-2H3,(H3,19,20,22)/q+1/b21-12+. The lowest BCUT2D eigenvalue weighted by Gasteiger charge is -2.00. The number of hydrazone groups is 1. The van der Waals surface area contributed by atoms with Gasteiger partial charge >= 0.3 is 0 Å². The summed E-state index contributed by atoms with van der Waals surface area (Å²) in [6, 6.07) is 14.4. The molecule has 0 aliphatic rings. The fraction of sp³-hybridized carbons (Fsp3) is 0.167. The van der Waals surface area contributed by atoms with Crippen molar-refractivity contribution in [2.75, 3.05) is 6.54 Å². The molecule has 0 amide bonds. The summed E-state index contributed by atoms with van der Waals surface area (Å²) in [7, 11) is 2.07. The van der Waals surface area contributed by atoms with Crippen LogP contribution in [0.4, 0.5) is 0 Å². The second-order valence-electron chi connectivity index (χ2n) is 5.39. The van der Waals surface area contributed by atoms with Crippen LogP contribution in [0, 0.1) is 0 Å². The van der Waals surface area contributed by atoms with Crippen LogP contribution in [0.1, 0.15) is 12.5 Å². The van der Waals surface area contributed by atoms with E-state index >= 15 is 0 Å². The Bertz CT molecular complexity index is 890. The van der Waals surface area contributed by atoms with Crippen molar-refractivity contribution in [3.05, 3.63) is 60.4 Å². The highest BCUT2D eigenvalue weighted by Gasteiger charge is 2.14. The first-order valence-electron chi connectivity index (χ1n) is 7.84. The summed E-state index contributed by atoms with van der Waals surface area (Å²) < 4.78 is 4.29. The minimum atomic E-state index is 0.317. The Morgan fingerprint density at radius 2 is 2.04 bits per heavy atom. The van der Waals surface area contributed by atoms with Crippen molar-refractivity contribution in [1.82, 2.24) is 9.99 Å². The number of aromatic nitrogens is 2. The first kappa shape index (κ1) is 15.7. The number of imidazole rings is 1. The van der Waals surface area contributed by atoms with E-state index in [1.807, 2.05) is 37.4 Å². The van der Waals surface area contributed by atoms with Gasteiger partial charge in [-0.3, -0.25) is 4.99 Å². The molecule has 0 saturated heterocycles. The first-order chi connectivity index (χ1) is 11.7. The highest BCUT2D eigenvalue weighted by atomic mass is 15.3. The zero-order valence-corrected chi connectivity index (χ0v) is 13.8. The smallest absolute Gasteiger partial charge is 0.286 e. The molecule has 2 heterocycles. The molecular formula is C18H21N6+. The summed E-state index contributed by atoms with van der Waals surface area (Å²) in [5.41, 5.74) is 12.8. The monoisotopic (exact) mass is 321 g/mol. The molecule has 122 valence electrons. The fourth-order valence-corrected chi connectivity index (χ4v) is 2.57. The lowest BCUT2D eigenvalue weighted by atomic mass is 10.1. The minimum Gasteiger partial charge on any atom is -0.369 e. The van der Waals surface area contributed by atoms with Gasteiger partial charge in [-0.05, 0) is 30.7 Å². The predicted octanol–water partition coefficient (Wildman–Crippen LogP) is 1.69. The van der Waals surface area contributed by atoms with Gasteiger partial charge in [-0.25, -0.2) is 14.4 Å². The van der Waals surface area contributed by atoms with Crippen LogP contribution < -0.4 is 15.6 Å². The molecule has 6 nitrogen and oxygen atoms in total. The molecule has 3 rings (SSSR count). The highest BCUT2D eigenvalue weighted by Crippen LogP contribution is 2.19. The third kappa shape index (κ3) is 3.27. The number of aryl methyl sites for hydroxylation is 1. The Labute approximate surface area is 141 Å². The second-order valence-corrected chi connectivity index (χ2v) is 5.39. The van der Waals surface area contributed by atoms with E-state index in [2.05, 4.69) is 55.9 Å². The van der Waals surface area contributed by atoms with Gasteiger partial charge in [0.05, 0.1) is 19.5 Å². The number of rotatable bonds is 4. The Hall–Kier alpha value is -3.15. The Balaban J connectivity index is 1.80. The van der Waals surface area contributed by atoms with E-state index in [1.54, 1.807) is 6.21 Å². The maximum Gasteiger partial charge on any atom is 0.286 e. The summed E-state index contributed by atoms with van der Waals surface area (Å²) in [4.78, 5) is 4.00. The lowest BCUT2D eigenvalue weighted by Crippen LogP contribution is -2.27. The van der Waals surface area contributed by atoms with Gasteiger partial charge in [0.2, 0.25) is 5.96 Å². The van der Waals surface area contributed by atoms with Crippen LogP contribution >= 0.6 is 0 Å². The fourth-order valence-electron chi connectivity index (χ4n) is 2.57. The number of fused-ring (bicyclic) bond motifs is 1. The Morgan fingerprint density at radius 1 is 1.25 bits per heavy atom. The molecule has 1 aromatic carbocycles. The maximum absolute atomic E-state index is 5.62. The summed E-state index contributed by atoms with van der Waals surface area (Å²) in [5.74, 6) is 0.317. The molecule has 0 unspecified atom stereocenters. The third-order valence-electron chi connectivity index (χ3n) is 3.76. The number of pyridine rings is 1. The summed E-state index contributed by atoms with van der Waals surface area (Å²) in [6.45, 7) is 2.55. The number of benzene rings is 1. The first-order valence-corrected chi connectivity index (χ1v) is 7.84. The quantitative estimate of drug-likeness (QED) is 0.332. The van der Waals surface area contributed by atoms with Gasteiger partial charge in [0, 0.05) is 18.2 Å². The van der Waals surface area contributed by atoms with Crippen molar-refractivity contribution >= 4 is 17.8 Å². The van der Waals surface area contributed by atoms with Crippen LogP contribution in [0.25, 0.3) is 16.9 Å². The van der Waals surface area contributed by atoms with Crippen molar-refractivity contribution in [3.63, 3.8) is 0 Å². The summed E-state index contributed by atoms with van der Waals surface area (Å²) >= 11 is 0. The van der Waals surface area contributed by atoms with E-state index in [0.717, 1.165) is 22.5 Å². The van der Waals surface area contributed by atoms with Gasteiger partial charge < -0.3 is 5.73 Å². The normalized spacial score (nSPS) is 12.2. The number of aliphatic imine (C=N–C) groups is 1. The van der Waals surface area contributed by atoms with E-state index in [9.17, 15) is 0 Å². The van der Waals surface area contributed by atoms with Crippen molar-refractivity contribution in [1.29, 1.82) is 0 Å². The molecular weight excluding hydrogens is 300 g/mol. The predicted molar refractivity (Wildman–Crippen MR) is 96.9 cm³/mol. The summed E-state index contributed by atoms with van der Waals surface area (Å²) in [5, 5.41) is 4.07. The van der Waals surface area contributed by atoms with Crippen molar-refractivity contribution < 1.29 is 4.40 Å². The van der Waals surface area contributed by atoms with Gasteiger partial charge in [-0.1, -0.05) is 18.2 Å². The van der Waals surface area contributed by atoms with Crippen LogP contribution in [0.3, 0.4) is 0 Å². The molecule has 0 fully saturated rings. The lowest BCUT2D eigenvalue weighted by molar-refractivity contribution is -0.510. The molecule has 2 aromatic heterocycles. The van der Waals surface area contributed by atoms with E-state index in [0.29, 0.717) is 12.5 Å². The molecule has 3 aromatic rings. The Morgan fingerprint density at radius 3 is 2.75 bits per heavy atom. The number of nitrogens with two attached hydrogens (primary N) is 1. The van der Waals surface area contributed by atoms with Crippen LogP contribution in [-0.4, -0.2) is 23.3 Å². The minimum absolute atomic E-state index is 0.317. The molecule has 0 bridgehead atoms. The molecule has 0 spiro atoms. The van der Waals surface area contributed by atoms with E-state index in [-0.39, 0.29) is 0 Å². The maximum atomic E-state index is 5.62. The average Bonchev–Trinajstić information content (AvgIpc) is 2.93. The molecule has 24 heavy (non-hydrogen) atoms. The number of nitrogens with zero attached hydrogens (tertiary/aromatic N) is 4. The summed E-state index contributed by atoms with van der Waals surface area (Å²) in [6.07, 6.45) is 5.90. The largest absolute Gasteiger partial charge is 0.369 e. The Kier molecular flexibility index (Phi) is 4.56. The van der Waals surface area contributed by atoms with Gasteiger partial charge in [-0.2, -0.15) is 5.10 Å². The van der Waals surface area contributed by atoms with Gasteiger partial charge in [-0.15, -0.1) is 0 Å². The number of hydrogen-bond acceptors (Lipinski definition) is 2. The number of hydrogen-bond donors (Lipinski definition) is 2. The average molecular weight is 321 g/mol. The number of nitrogens with one attached hydrogen (secondary N) is 1. The molecule has 0 radical (unpaired) electrons. The number of guanidine groups is 1. The van der Waals surface area contributed by atoms with Crippen LogP contribution in [0.15, 0.2) is 65.0 Å². The topological polar surface area (TPSA) is 71.8 Å². The van der Waals surface area contributed by atoms with E-state index in [4.69, 9.17) is 5.73 Å². The van der Waals surface area contributed by atoms with Crippen molar-refractivity contribution in [2.24, 2.45) is 22.9 Å². The molecule has 0 aliphatic carbocycles. The molecule has 0 atom stereocenters. The van der Waals surface area contributed by atoms with Crippen molar-refractivity contribution in [2.45, 2.75) is 6.92 Å². The zero-order valence-electron chi connectivity index (χ0n) is 13.8. The molecule has 6 heteroatoms. The van der Waals surface area contributed by atoms with Crippen molar-refractivity contribution in [3.8, 4) is 11.3 Å². The highest BCUT2D eigenvalue weighted by molar-refractivity contribution is 5.83. The van der Waals surface area contributed by atoms with Crippen LogP contribution in [-0.2, 0) is 7.05 Å². The SMILES string of the molecule is CCN=C(N)N/N=C/c1ccc(-c2c[n+]3ccccc3n2C)cc1. The van der Waals surface area contributed by atoms with Crippen LogP contribution in [0.2, 0.25) is 0 Å². The zero-order chi connectivity index (χ0) is 16.9. The van der Waals surface area contributed by atoms with Gasteiger partial charge in [0.25, 0.3) is 5.65 Å². The van der Waals surface area contributed by atoms with Crippen LogP contribution in [0.5, 0.6) is 0 Å². The molecule has 0 aliphatic heterocycles. The molecule has 3 N–H and O–H groups in total. The van der Waals surface area contributed by atoms with Gasteiger partial charge in [0.1, 0.15) is 6.20 Å². The van der Waals surface area contributed by atoms with E-state index < -0.39 is 0 Å².